The van der Waals surface area contributed by atoms with Crippen molar-refractivity contribution in [2.24, 2.45) is 11.8 Å². The molecular formula is C23H31F3O2. The molecule has 2 aliphatic carbocycles. The second kappa shape index (κ2) is 9.71. The van der Waals surface area contributed by atoms with Gasteiger partial charge in [0.2, 0.25) is 0 Å². The number of aryl methyl sites for hydroxylation is 1. The second-order valence-electron chi connectivity index (χ2n) is 8.20. The molecule has 0 amide bonds. The van der Waals surface area contributed by atoms with Crippen LogP contribution >= 0.6 is 0 Å². The van der Waals surface area contributed by atoms with Gasteiger partial charge in [-0.2, -0.15) is 0 Å². The SMILES string of the molecule is Cc1c(CC/C=C/C2CCCC2)ccc(OCC2CCCC2)c1OC(F)(F)F. The molecule has 0 atom stereocenters. The van der Waals surface area contributed by atoms with Crippen molar-refractivity contribution in [1.29, 1.82) is 0 Å². The van der Waals surface area contributed by atoms with E-state index in [0.29, 0.717) is 30.4 Å². The predicted octanol–water partition coefficient (Wildman–Crippen LogP) is 7.14. The second-order valence-corrected chi connectivity index (χ2v) is 8.20. The quantitative estimate of drug-likeness (QED) is 0.435. The molecule has 0 radical (unpaired) electrons. The highest BCUT2D eigenvalue weighted by Gasteiger charge is 2.34. The molecule has 28 heavy (non-hydrogen) atoms. The molecule has 2 nitrogen and oxygen atoms in total. The number of alkyl halides is 3. The van der Waals surface area contributed by atoms with Crippen LogP contribution in [0.25, 0.3) is 0 Å². The first-order valence-corrected chi connectivity index (χ1v) is 10.6. The zero-order valence-electron chi connectivity index (χ0n) is 16.7. The van der Waals surface area contributed by atoms with Crippen LogP contribution in [0.2, 0.25) is 0 Å². The van der Waals surface area contributed by atoms with Crippen LogP contribution in [-0.2, 0) is 6.42 Å². The Morgan fingerprint density at radius 2 is 1.71 bits per heavy atom. The van der Waals surface area contributed by atoms with Crippen molar-refractivity contribution in [3.63, 3.8) is 0 Å². The largest absolute Gasteiger partial charge is 0.573 e. The van der Waals surface area contributed by atoms with Gasteiger partial charge in [0.15, 0.2) is 11.5 Å². The number of rotatable bonds is 8. The first kappa shape index (κ1) is 21.1. The van der Waals surface area contributed by atoms with Gasteiger partial charge in [-0.25, -0.2) is 0 Å². The summed E-state index contributed by atoms with van der Waals surface area (Å²) >= 11 is 0. The summed E-state index contributed by atoms with van der Waals surface area (Å²) in [6, 6.07) is 3.52. The van der Waals surface area contributed by atoms with Crippen molar-refractivity contribution < 1.29 is 22.6 Å². The van der Waals surface area contributed by atoms with E-state index in [1.807, 2.05) is 6.07 Å². The fourth-order valence-electron chi connectivity index (χ4n) is 4.40. The van der Waals surface area contributed by atoms with Gasteiger partial charge in [-0.05, 0) is 74.5 Å². The van der Waals surface area contributed by atoms with Crippen LogP contribution in [-0.4, -0.2) is 13.0 Å². The molecule has 156 valence electrons. The zero-order chi connectivity index (χ0) is 20.0. The third-order valence-corrected chi connectivity index (χ3v) is 6.04. The van der Waals surface area contributed by atoms with Crippen molar-refractivity contribution in [3.8, 4) is 11.5 Å². The van der Waals surface area contributed by atoms with E-state index >= 15 is 0 Å². The molecule has 0 unspecified atom stereocenters. The molecule has 1 aromatic rings. The zero-order valence-corrected chi connectivity index (χ0v) is 16.7. The van der Waals surface area contributed by atoms with Crippen molar-refractivity contribution in [2.45, 2.75) is 77.5 Å². The standard InChI is InChI=1S/C23H31F3O2/c1-17-20(13-7-6-10-18-8-2-3-9-18)14-15-21(22(17)28-23(24,25)26)27-16-19-11-4-5-12-19/h6,10,14-15,18-19H,2-5,7-9,11-13,16H2,1H3/b10-6+. The van der Waals surface area contributed by atoms with Gasteiger partial charge in [0.1, 0.15) is 0 Å². The Kier molecular flexibility index (Phi) is 7.30. The monoisotopic (exact) mass is 396 g/mol. The first-order chi connectivity index (χ1) is 13.4. The van der Waals surface area contributed by atoms with Gasteiger partial charge in [-0.1, -0.05) is 43.9 Å². The van der Waals surface area contributed by atoms with Gasteiger partial charge in [0, 0.05) is 0 Å². The summed E-state index contributed by atoms with van der Waals surface area (Å²) in [6.45, 7) is 2.15. The molecule has 0 N–H and O–H groups in total. The maximum Gasteiger partial charge on any atom is 0.573 e. The molecule has 0 spiro atoms. The lowest BCUT2D eigenvalue weighted by Crippen LogP contribution is -2.19. The lowest BCUT2D eigenvalue weighted by atomic mass is 10.0. The lowest BCUT2D eigenvalue weighted by molar-refractivity contribution is -0.275. The lowest BCUT2D eigenvalue weighted by Gasteiger charge is -2.19. The maximum absolute atomic E-state index is 13.0. The predicted molar refractivity (Wildman–Crippen MR) is 105 cm³/mol. The highest BCUT2D eigenvalue weighted by Crippen LogP contribution is 2.38. The highest BCUT2D eigenvalue weighted by atomic mass is 19.4. The molecule has 5 heteroatoms. The van der Waals surface area contributed by atoms with E-state index in [2.05, 4.69) is 16.9 Å². The van der Waals surface area contributed by atoms with Crippen LogP contribution in [0.1, 0.15) is 68.9 Å². The van der Waals surface area contributed by atoms with Gasteiger partial charge in [-0.3, -0.25) is 0 Å². The Morgan fingerprint density at radius 3 is 2.39 bits per heavy atom. The van der Waals surface area contributed by atoms with Gasteiger partial charge in [0.25, 0.3) is 0 Å². The number of halogens is 3. The molecule has 0 bridgehead atoms. The number of benzene rings is 1. The summed E-state index contributed by atoms with van der Waals surface area (Å²) in [5.41, 5.74) is 1.40. The molecule has 2 fully saturated rings. The number of ether oxygens (including phenoxy) is 2. The molecule has 0 aromatic heterocycles. The third kappa shape index (κ3) is 6.18. The summed E-state index contributed by atoms with van der Waals surface area (Å²) < 4.78 is 49.0. The fraction of sp³-hybridized carbons (Fsp3) is 0.652. The summed E-state index contributed by atoms with van der Waals surface area (Å²) in [7, 11) is 0. The van der Waals surface area contributed by atoms with Gasteiger partial charge in [0.05, 0.1) is 6.61 Å². The van der Waals surface area contributed by atoms with Crippen LogP contribution in [0.5, 0.6) is 11.5 Å². The van der Waals surface area contributed by atoms with Crippen molar-refractivity contribution in [3.05, 3.63) is 35.4 Å². The summed E-state index contributed by atoms with van der Waals surface area (Å²) in [4.78, 5) is 0. The van der Waals surface area contributed by atoms with Crippen molar-refractivity contribution in [1.82, 2.24) is 0 Å². The fourth-order valence-corrected chi connectivity index (χ4v) is 4.40. The van der Waals surface area contributed by atoms with E-state index < -0.39 is 6.36 Å². The summed E-state index contributed by atoms with van der Waals surface area (Å²) in [5, 5.41) is 0. The normalized spacial score (nSPS) is 19.0. The molecule has 1 aromatic carbocycles. The Labute approximate surface area is 166 Å². The Bertz CT molecular complexity index is 655. The average molecular weight is 396 g/mol. The van der Waals surface area contributed by atoms with Crippen LogP contribution in [0.3, 0.4) is 0 Å². The topological polar surface area (TPSA) is 18.5 Å². The average Bonchev–Trinajstić information content (AvgIpc) is 3.33. The van der Waals surface area contributed by atoms with Crippen LogP contribution in [0.15, 0.2) is 24.3 Å². The summed E-state index contributed by atoms with van der Waals surface area (Å²) in [6.07, 6.45) is 10.9. The Hall–Kier alpha value is -1.65. The van der Waals surface area contributed by atoms with E-state index in [-0.39, 0.29) is 11.5 Å². The highest BCUT2D eigenvalue weighted by molar-refractivity contribution is 5.50. The maximum atomic E-state index is 13.0. The molecule has 0 aliphatic heterocycles. The van der Waals surface area contributed by atoms with E-state index in [0.717, 1.165) is 24.8 Å². The van der Waals surface area contributed by atoms with Gasteiger partial charge >= 0.3 is 6.36 Å². The van der Waals surface area contributed by atoms with E-state index in [1.54, 1.807) is 13.0 Å². The molecule has 3 rings (SSSR count). The van der Waals surface area contributed by atoms with Crippen molar-refractivity contribution in [2.75, 3.05) is 6.61 Å². The summed E-state index contributed by atoms with van der Waals surface area (Å²) in [5.74, 6) is 1.13. The van der Waals surface area contributed by atoms with Crippen molar-refractivity contribution >= 4 is 0 Å². The molecule has 2 saturated carbocycles. The third-order valence-electron chi connectivity index (χ3n) is 6.04. The smallest absolute Gasteiger partial charge is 0.489 e. The Balaban J connectivity index is 1.66. The van der Waals surface area contributed by atoms with Gasteiger partial charge in [-0.15, -0.1) is 13.2 Å². The minimum absolute atomic E-state index is 0.178. The number of hydrogen-bond donors (Lipinski definition) is 0. The minimum Gasteiger partial charge on any atom is -0.489 e. The van der Waals surface area contributed by atoms with E-state index in [1.165, 1.54) is 38.5 Å². The molecule has 2 aliphatic rings. The van der Waals surface area contributed by atoms with E-state index in [9.17, 15) is 13.2 Å². The number of hydrogen-bond acceptors (Lipinski definition) is 2. The van der Waals surface area contributed by atoms with E-state index in [4.69, 9.17) is 4.74 Å². The Morgan fingerprint density at radius 1 is 1.04 bits per heavy atom. The molecular weight excluding hydrogens is 365 g/mol. The molecule has 0 saturated heterocycles. The minimum atomic E-state index is -4.72. The number of allylic oxidation sites excluding steroid dienone is 2. The van der Waals surface area contributed by atoms with Crippen LogP contribution in [0.4, 0.5) is 13.2 Å². The first-order valence-electron chi connectivity index (χ1n) is 10.6. The molecule has 0 heterocycles. The van der Waals surface area contributed by atoms with Gasteiger partial charge < -0.3 is 9.47 Å². The van der Waals surface area contributed by atoms with Crippen LogP contribution in [0, 0.1) is 18.8 Å². The van der Waals surface area contributed by atoms with Crippen LogP contribution < -0.4 is 9.47 Å².